The van der Waals surface area contributed by atoms with Crippen molar-refractivity contribution >= 4 is 5.91 Å². The summed E-state index contributed by atoms with van der Waals surface area (Å²) in [7, 11) is 0. The number of nitrogens with one attached hydrogen (secondary N) is 1. The maximum Gasteiger partial charge on any atom is 0.220 e. The monoisotopic (exact) mass is 274 g/mol. The highest BCUT2D eigenvalue weighted by atomic mass is 16.1. The van der Waals surface area contributed by atoms with Crippen molar-refractivity contribution < 1.29 is 4.79 Å². The fourth-order valence-corrected chi connectivity index (χ4v) is 3.09. The molecule has 0 atom stereocenters. The lowest BCUT2D eigenvalue weighted by molar-refractivity contribution is -0.123. The van der Waals surface area contributed by atoms with Crippen LogP contribution in [0, 0.1) is 6.92 Å². The van der Waals surface area contributed by atoms with Crippen LogP contribution in [0.25, 0.3) is 0 Å². The summed E-state index contributed by atoms with van der Waals surface area (Å²) in [5.74, 6) is 0.138. The van der Waals surface area contributed by atoms with E-state index >= 15 is 0 Å². The number of nitrogens with two attached hydrogens (primary N) is 1. The molecule has 0 aliphatic heterocycles. The summed E-state index contributed by atoms with van der Waals surface area (Å²) in [5, 5.41) is 3.20. The fraction of sp³-hybridized carbons (Fsp3) is 0.588. The van der Waals surface area contributed by atoms with Gasteiger partial charge in [-0.25, -0.2) is 0 Å². The molecule has 3 nitrogen and oxygen atoms in total. The highest BCUT2D eigenvalue weighted by Gasteiger charge is 2.31. The Kier molecular flexibility index (Phi) is 5.18. The molecule has 20 heavy (non-hydrogen) atoms. The van der Waals surface area contributed by atoms with Crippen molar-refractivity contribution in [2.24, 2.45) is 5.73 Å². The Bertz CT molecular complexity index is 450. The molecule has 110 valence electrons. The predicted octanol–water partition coefficient (Wildman–Crippen LogP) is 2.71. The predicted molar refractivity (Wildman–Crippen MR) is 82.5 cm³/mol. The summed E-state index contributed by atoms with van der Waals surface area (Å²) in [6.45, 7) is 2.64. The Hall–Kier alpha value is -1.35. The number of hydrogen-bond acceptors (Lipinski definition) is 2. The van der Waals surface area contributed by atoms with Gasteiger partial charge < -0.3 is 11.1 Å². The lowest BCUT2D eigenvalue weighted by atomic mass is 9.81. The summed E-state index contributed by atoms with van der Waals surface area (Å²) in [6.07, 6.45) is 7.02. The van der Waals surface area contributed by atoms with Crippen molar-refractivity contribution in [3.8, 4) is 0 Å². The number of amides is 1. The van der Waals surface area contributed by atoms with Crippen molar-refractivity contribution in [3.63, 3.8) is 0 Å². The Morgan fingerprint density at radius 1 is 1.30 bits per heavy atom. The van der Waals surface area contributed by atoms with E-state index in [9.17, 15) is 4.79 Å². The molecule has 0 aromatic heterocycles. The molecule has 0 spiro atoms. The van der Waals surface area contributed by atoms with Crippen LogP contribution < -0.4 is 11.1 Å². The molecule has 1 aromatic rings. The normalized spacial score (nSPS) is 17.7. The molecule has 1 aliphatic rings. The van der Waals surface area contributed by atoms with E-state index in [1.807, 2.05) is 6.07 Å². The van der Waals surface area contributed by atoms with Gasteiger partial charge in [0.25, 0.3) is 0 Å². The average Bonchev–Trinajstić information content (AvgIpc) is 2.46. The first-order chi connectivity index (χ1) is 9.63. The first kappa shape index (κ1) is 15.0. The molecule has 0 heterocycles. The highest BCUT2D eigenvalue weighted by molar-refractivity contribution is 5.77. The zero-order valence-corrected chi connectivity index (χ0v) is 12.5. The Labute approximate surface area is 121 Å². The Balaban J connectivity index is 1.85. The van der Waals surface area contributed by atoms with Gasteiger partial charge >= 0.3 is 0 Å². The van der Waals surface area contributed by atoms with Crippen LogP contribution in [0.4, 0.5) is 0 Å². The minimum absolute atomic E-state index is 0.137. The van der Waals surface area contributed by atoms with Gasteiger partial charge in [0.2, 0.25) is 5.91 Å². The number of aryl methyl sites for hydroxylation is 2. The third-order valence-electron chi connectivity index (χ3n) is 4.33. The van der Waals surface area contributed by atoms with Gasteiger partial charge in [0, 0.05) is 13.0 Å². The number of rotatable bonds is 5. The number of carbonyl (C=O) groups excluding carboxylic acids is 1. The molecule has 3 N–H and O–H groups in total. The largest absolute Gasteiger partial charge is 0.349 e. The van der Waals surface area contributed by atoms with E-state index in [1.165, 1.54) is 30.4 Å². The second kappa shape index (κ2) is 6.89. The third kappa shape index (κ3) is 4.07. The lowest BCUT2D eigenvalue weighted by Gasteiger charge is -2.37. The molecule has 1 aromatic carbocycles. The van der Waals surface area contributed by atoms with E-state index in [0.29, 0.717) is 13.0 Å². The molecule has 1 saturated carbocycles. The van der Waals surface area contributed by atoms with Gasteiger partial charge in [0.05, 0.1) is 5.54 Å². The van der Waals surface area contributed by atoms with Crippen LogP contribution in [-0.2, 0) is 11.2 Å². The average molecular weight is 274 g/mol. The summed E-state index contributed by atoms with van der Waals surface area (Å²) in [6, 6.07) is 8.35. The molecular formula is C17H26N2O. The molecular weight excluding hydrogens is 248 g/mol. The van der Waals surface area contributed by atoms with Crippen LogP contribution in [0.3, 0.4) is 0 Å². The third-order valence-corrected chi connectivity index (χ3v) is 4.33. The zero-order valence-electron chi connectivity index (χ0n) is 12.5. The quantitative estimate of drug-likeness (QED) is 0.867. The fourth-order valence-electron chi connectivity index (χ4n) is 3.09. The second-order valence-corrected chi connectivity index (χ2v) is 6.08. The topological polar surface area (TPSA) is 55.1 Å². The molecule has 0 radical (unpaired) electrons. The molecule has 3 heteroatoms. The van der Waals surface area contributed by atoms with E-state index in [-0.39, 0.29) is 11.4 Å². The summed E-state index contributed by atoms with van der Waals surface area (Å²) in [5.41, 5.74) is 8.23. The van der Waals surface area contributed by atoms with Crippen molar-refractivity contribution in [2.75, 3.05) is 6.54 Å². The van der Waals surface area contributed by atoms with Gasteiger partial charge in [-0.1, -0.05) is 49.1 Å². The Morgan fingerprint density at radius 3 is 2.70 bits per heavy atom. The maximum absolute atomic E-state index is 12.2. The molecule has 2 rings (SSSR count). The van der Waals surface area contributed by atoms with Crippen LogP contribution >= 0.6 is 0 Å². The highest BCUT2D eigenvalue weighted by Crippen LogP contribution is 2.27. The Morgan fingerprint density at radius 2 is 2.05 bits per heavy atom. The molecule has 1 aliphatic carbocycles. The SMILES string of the molecule is Cc1cccc(CCC(=O)NC2(CN)CCCCC2)c1. The van der Waals surface area contributed by atoms with Crippen LogP contribution in [0.2, 0.25) is 0 Å². The maximum atomic E-state index is 12.2. The van der Waals surface area contributed by atoms with E-state index in [0.717, 1.165) is 19.3 Å². The van der Waals surface area contributed by atoms with Crippen LogP contribution in [0.1, 0.15) is 49.7 Å². The smallest absolute Gasteiger partial charge is 0.220 e. The molecule has 0 saturated heterocycles. The first-order valence-corrected chi connectivity index (χ1v) is 7.70. The van der Waals surface area contributed by atoms with Crippen molar-refractivity contribution in [3.05, 3.63) is 35.4 Å². The van der Waals surface area contributed by atoms with Gasteiger partial charge in [-0.15, -0.1) is 0 Å². The summed E-state index contributed by atoms with van der Waals surface area (Å²) < 4.78 is 0. The molecule has 0 bridgehead atoms. The number of benzene rings is 1. The van der Waals surface area contributed by atoms with Gasteiger partial charge in [-0.3, -0.25) is 4.79 Å². The van der Waals surface area contributed by atoms with E-state index in [4.69, 9.17) is 5.73 Å². The molecule has 1 fully saturated rings. The molecule has 1 amide bonds. The van der Waals surface area contributed by atoms with Crippen molar-refractivity contribution in [1.82, 2.24) is 5.32 Å². The van der Waals surface area contributed by atoms with E-state index in [2.05, 4.69) is 30.4 Å². The van der Waals surface area contributed by atoms with Crippen LogP contribution in [0.15, 0.2) is 24.3 Å². The zero-order chi connectivity index (χ0) is 14.4. The lowest BCUT2D eigenvalue weighted by Crippen LogP contribution is -2.54. The van der Waals surface area contributed by atoms with Gasteiger partial charge in [0.15, 0.2) is 0 Å². The van der Waals surface area contributed by atoms with Gasteiger partial charge in [-0.2, -0.15) is 0 Å². The second-order valence-electron chi connectivity index (χ2n) is 6.08. The molecule has 0 unspecified atom stereocenters. The first-order valence-electron chi connectivity index (χ1n) is 7.70. The number of hydrogen-bond donors (Lipinski definition) is 2. The van der Waals surface area contributed by atoms with Gasteiger partial charge in [0.1, 0.15) is 0 Å². The minimum Gasteiger partial charge on any atom is -0.349 e. The summed E-state index contributed by atoms with van der Waals surface area (Å²) in [4.78, 5) is 12.2. The van der Waals surface area contributed by atoms with E-state index in [1.54, 1.807) is 0 Å². The van der Waals surface area contributed by atoms with Crippen LogP contribution in [-0.4, -0.2) is 18.0 Å². The van der Waals surface area contributed by atoms with E-state index < -0.39 is 0 Å². The summed E-state index contributed by atoms with van der Waals surface area (Å²) >= 11 is 0. The standard InChI is InChI=1S/C17H26N2O/c1-14-6-5-7-15(12-14)8-9-16(20)19-17(13-18)10-3-2-4-11-17/h5-7,12H,2-4,8-11,13,18H2,1H3,(H,19,20). The number of carbonyl (C=O) groups is 1. The van der Waals surface area contributed by atoms with Gasteiger partial charge in [-0.05, 0) is 31.7 Å². The van der Waals surface area contributed by atoms with Crippen molar-refractivity contribution in [2.45, 2.75) is 57.4 Å². The minimum atomic E-state index is -0.137. The van der Waals surface area contributed by atoms with Crippen LogP contribution in [0.5, 0.6) is 0 Å². The van der Waals surface area contributed by atoms with Crippen molar-refractivity contribution in [1.29, 1.82) is 0 Å².